The largest absolute Gasteiger partial charge is 0.493 e. The first kappa shape index (κ1) is 19.0. The van der Waals surface area contributed by atoms with Crippen LogP contribution in [-0.2, 0) is 6.54 Å². The van der Waals surface area contributed by atoms with Crippen LogP contribution in [0.4, 0.5) is 0 Å². The average molecular weight is 372 g/mol. The molecule has 5 heteroatoms. The van der Waals surface area contributed by atoms with Crippen molar-refractivity contribution in [3.8, 4) is 28.7 Å². The molecule has 0 spiro atoms. The molecule has 0 aliphatic rings. The molecule has 3 rings (SSSR count). The molecule has 0 saturated heterocycles. The molecule has 0 bridgehead atoms. The first-order chi connectivity index (χ1) is 13.7. The van der Waals surface area contributed by atoms with Gasteiger partial charge in [-0.05, 0) is 35.4 Å². The lowest BCUT2D eigenvalue weighted by atomic mass is 9.95. The Labute approximate surface area is 164 Å². The molecule has 140 valence electrons. The molecule has 5 nitrogen and oxygen atoms in total. The second-order valence-electron chi connectivity index (χ2n) is 6.07. The predicted octanol–water partition coefficient (Wildman–Crippen LogP) is 4.17. The molecule has 28 heavy (non-hydrogen) atoms. The molecule has 0 atom stereocenters. The Balaban J connectivity index is 1.84. The third kappa shape index (κ3) is 3.97. The summed E-state index contributed by atoms with van der Waals surface area (Å²) in [7, 11) is 3.15. The van der Waals surface area contributed by atoms with Gasteiger partial charge in [0.2, 0.25) is 0 Å². The zero-order valence-electron chi connectivity index (χ0n) is 15.7. The Hall–Kier alpha value is -3.78. The van der Waals surface area contributed by atoms with Crippen molar-refractivity contribution in [3.63, 3.8) is 0 Å². The van der Waals surface area contributed by atoms with Gasteiger partial charge in [0.15, 0.2) is 11.5 Å². The number of nitrogens with one attached hydrogen (secondary N) is 1. The third-order valence-corrected chi connectivity index (χ3v) is 4.41. The van der Waals surface area contributed by atoms with Crippen molar-refractivity contribution >= 4 is 5.91 Å². The van der Waals surface area contributed by atoms with Crippen LogP contribution in [0.3, 0.4) is 0 Å². The van der Waals surface area contributed by atoms with Gasteiger partial charge in [-0.25, -0.2) is 0 Å². The van der Waals surface area contributed by atoms with Crippen molar-refractivity contribution in [1.82, 2.24) is 5.32 Å². The lowest BCUT2D eigenvalue weighted by Gasteiger charge is -2.13. The topological polar surface area (TPSA) is 71.3 Å². The fourth-order valence-corrected chi connectivity index (χ4v) is 3.00. The molecule has 0 aromatic heterocycles. The van der Waals surface area contributed by atoms with Crippen molar-refractivity contribution in [2.45, 2.75) is 6.54 Å². The second-order valence-corrected chi connectivity index (χ2v) is 6.07. The maximum atomic E-state index is 12.8. The Morgan fingerprint density at radius 2 is 1.61 bits per heavy atom. The van der Waals surface area contributed by atoms with Gasteiger partial charge in [-0.3, -0.25) is 4.79 Å². The first-order valence-corrected chi connectivity index (χ1v) is 8.75. The van der Waals surface area contributed by atoms with E-state index in [0.717, 1.165) is 16.7 Å². The number of nitrogens with zero attached hydrogens (tertiary/aromatic N) is 1. The number of methoxy groups -OCH3 is 2. The molecule has 0 fully saturated rings. The molecule has 0 saturated carbocycles. The molecule has 1 N–H and O–H groups in total. The minimum absolute atomic E-state index is 0.210. The quantitative estimate of drug-likeness (QED) is 0.705. The van der Waals surface area contributed by atoms with Crippen LogP contribution in [0.5, 0.6) is 11.5 Å². The summed E-state index contributed by atoms with van der Waals surface area (Å²) < 4.78 is 10.5. The molecule has 0 unspecified atom stereocenters. The summed E-state index contributed by atoms with van der Waals surface area (Å²) in [5.74, 6) is 1.03. The molecular formula is C23H20N2O3. The zero-order valence-corrected chi connectivity index (χ0v) is 15.7. The van der Waals surface area contributed by atoms with E-state index in [9.17, 15) is 10.1 Å². The lowest BCUT2D eigenvalue weighted by Crippen LogP contribution is -2.23. The summed E-state index contributed by atoms with van der Waals surface area (Å²) in [5, 5.41) is 12.3. The Kier molecular flexibility index (Phi) is 5.93. The van der Waals surface area contributed by atoms with Gasteiger partial charge in [-0.1, -0.05) is 42.5 Å². The van der Waals surface area contributed by atoms with E-state index < -0.39 is 0 Å². The van der Waals surface area contributed by atoms with E-state index in [0.29, 0.717) is 29.2 Å². The molecular weight excluding hydrogens is 352 g/mol. The summed E-state index contributed by atoms with van der Waals surface area (Å²) in [6, 6.07) is 22.2. The summed E-state index contributed by atoms with van der Waals surface area (Å²) in [6.07, 6.45) is 0. The van der Waals surface area contributed by atoms with E-state index in [1.807, 2.05) is 48.5 Å². The number of rotatable bonds is 6. The van der Waals surface area contributed by atoms with Gasteiger partial charge in [0.1, 0.15) is 0 Å². The highest BCUT2D eigenvalue weighted by molar-refractivity contribution is 6.01. The third-order valence-electron chi connectivity index (χ3n) is 4.41. The molecule has 0 heterocycles. The minimum Gasteiger partial charge on any atom is -0.493 e. The van der Waals surface area contributed by atoms with Crippen LogP contribution >= 0.6 is 0 Å². The van der Waals surface area contributed by atoms with Crippen molar-refractivity contribution in [1.29, 1.82) is 5.26 Å². The molecule has 1 amide bonds. The van der Waals surface area contributed by atoms with E-state index in [2.05, 4.69) is 11.4 Å². The first-order valence-electron chi connectivity index (χ1n) is 8.75. The Bertz CT molecular complexity index is 1040. The Morgan fingerprint density at radius 3 is 2.32 bits per heavy atom. The maximum Gasteiger partial charge on any atom is 0.252 e. The predicted molar refractivity (Wildman–Crippen MR) is 107 cm³/mol. The minimum atomic E-state index is -0.210. The summed E-state index contributed by atoms with van der Waals surface area (Å²) >= 11 is 0. The highest BCUT2D eigenvalue weighted by atomic mass is 16.5. The second kappa shape index (κ2) is 8.74. The molecule has 3 aromatic rings. The van der Waals surface area contributed by atoms with Crippen LogP contribution in [0.2, 0.25) is 0 Å². The van der Waals surface area contributed by atoms with Crippen LogP contribution < -0.4 is 14.8 Å². The number of carbonyl (C=O) groups is 1. The van der Waals surface area contributed by atoms with Crippen molar-refractivity contribution < 1.29 is 14.3 Å². The van der Waals surface area contributed by atoms with Crippen LogP contribution in [-0.4, -0.2) is 20.1 Å². The van der Waals surface area contributed by atoms with Gasteiger partial charge in [-0.15, -0.1) is 0 Å². The number of carbonyl (C=O) groups excluding carboxylic acids is 1. The average Bonchev–Trinajstić information content (AvgIpc) is 2.77. The van der Waals surface area contributed by atoms with Gasteiger partial charge >= 0.3 is 0 Å². The monoisotopic (exact) mass is 372 g/mol. The maximum absolute atomic E-state index is 12.8. The normalized spacial score (nSPS) is 10.0. The number of hydrogen-bond acceptors (Lipinski definition) is 4. The highest BCUT2D eigenvalue weighted by Gasteiger charge is 2.15. The van der Waals surface area contributed by atoms with Crippen molar-refractivity contribution in [2.24, 2.45) is 0 Å². The van der Waals surface area contributed by atoms with E-state index >= 15 is 0 Å². The molecule has 0 radical (unpaired) electrons. The summed E-state index contributed by atoms with van der Waals surface area (Å²) in [4.78, 5) is 12.8. The number of nitriles is 1. The van der Waals surface area contributed by atoms with E-state index in [1.54, 1.807) is 32.4 Å². The molecule has 0 aliphatic carbocycles. The lowest BCUT2D eigenvalue weighted by molar-refractivity contribution is 0.0951. The smallest absolute Gasteiger partial charge is 0.252 e. The number of benzene rings is 3. The van der Waals surface area contributed by atoms with Crippen molar-refractivity contribution in [2.75, 3.05) is 14.2 Å². The van der Waals surface area contributed by atoms with Gasteiger partial charge in [0.05, 0.1) is 25.9 Å². The Morgan fingerprint density at radius 1 is 0.929 bits per heavy atom. The van der Waals surface area contributed by atoms with E-state index in [1.165, 1.54) is 0 Å². The van der Waals surface area contributed by atoms with Crippen LogP contribution in [0.15, 0.2) is 66.7 Å². The fraction of sp³-hybridized carbons (Fsp3) is 0.130. The fourth-order valence-electron chi connectivity index (χ4n) is 3.00. The highest BCUT2D eigenvalue weighted by Crippen LogP contribution is 2.28. The SMILES string of the molecule is COc1ccc(CNC(=O)c2ccccc2-c2ccccc2C#N)cc1OC. The standard InChI is InChI=1S/C23H20N2O3/c1-27-21-12-11-16(13-22(21)28-2)15-25-23(26)20-10-6-5-9-19(20)18-8-4-3-7-17(18)14-24/h3-13H,15H2,1-2H3,(H,25,26). The van der Waals surface area contributed by atoms with Gasteiger partial charge in [0.25, 0.3) is 5.91 Å². The number of hydrogen-bond donors (Lipinski definition) is 1. The van der Waals surface area contributed by atoms with Gasteiger partial charge in [-0.2, -0.15) is 5.26 Å². The van der Waals surface area contributed by atoms with E-state index in [4.69, 9.17) is 9.47 Å². The van der Waals surface area contributed by atoms with Gasteiger partial charge < -0.3 is 14.8 Å². The van der Waals surface area contributed by atoms with E-state index in [-0.39, 0.29) is 5.91 Å². The van der Waals surface area contributed by atoms with Crippen molar-refractivity contribution in [3.05, 3.63) is 83.4 Å². The summed E-state index contributed by atoms with van der Waals surface area (Å²) in [5.41, 5.74) is 3.40. The van der Waals surface area contributed by atoms with Crippen LogP contribution in [0, 0.1) is 11.3 Å². The molecule has 0 aliphatic heterocycles. The summed E-state index contributed by atoms with van der Waals surface area (Å²) in [6.45, 7) is 0.341. The van der Waals surface area contributed by atoms with Crippen LogP contribution in [0.25, 0.3) is 11.1 Å². The van der Waals surface area contributed by atoms with Gasteiger partial charge in [0, 0.05) is 17.7 Å². The molecule has 3 aromatic carbocycles. The number of ether oxygens (including phenoxy) is 2. The number of amides is 1. The van der Waals surface area contributed by atoms with Crippen LogP contribution in [0.1, 0.15) is 21.5 Å². The zero-order chi connectivity index (χ0) is 19.9.